The molecule has 0 nitrogen and oxygen atoms in total. The van der Waals surface area contributed by atoms with Crippen molar-refractivity contribution < 1.29 is 0 Å². The summed E-state index contributed by atoms with van der Waals surface area (Å²) >= 11 is 29.8. The molecule has 0 amide bonds. The standard InChI is InChI=1S/C8H7Cl5/c1-3(2)8(13)6(11)4(9)5(10)7(8)12/h3H,1-2H3. The van der Waals surface area contributed by atoms with Crippen LogP contribution in [0.4, 0.5) is 0 Å². The zero-order valence-corrected chi connectivity index (χ0v) is 10.7. The van der Waals surface area contributed by atoms with E-state index in [-0.39, 0.29) is 16.0 Å². The molecule has 0 aromatic heterocycles. The van der Waals surface area contributed by atoms with Gasteiger partial charge in [0.1, 0.15) is 4.87 Å². The third-order valence-corrected chi connectivity index (χ3v) is 5.04. The first-order valence-electron chi connectivity index (χ1n) is 3.64. The maximum Gasteiger partial charge on any atom is 0.121 e. The third kappa shape index (κ3) is 1.61. The van der Waals surface area contributed by atoms with Crippen molar-refractivity contribution in [2.45, 2.75) is 18.7 Å². The lowest BCUT2D eigenvalue weighted by Crippen LogP contribution is -2.27. The molecule has 0 aliphatic heterocycles. The molecule has 1 aliphatic rings. The average molecular weight is 280 g/mol. The van der Waals surface area contributed by atoms with Crippen LogP contribution in [0.1, 0.15) is 13.8 Å². The first-order chi connectivity index (χ1) is 5.83. The van der Waals surface area contributed by atoms with Crippen LogP contribution in [0.15, 0.2) is 20.1 Å². The van der Waals surface area contributed by atoms with Crippen LogP contribution in [0.25, 0.3) is 0 Å². The van der Waals surface area contributed by atoms with E-state index in [1.54, 1.807) is 0 Å². The Morgan fingerprint density at radius 1 is 0.923 bits per heavy atom. The summed E-state index contributed by atoms with van der Waals surface area (Å²) in [6.07, 6.45) is 0. The Kier molecular flexibility index (Phi) is 3.53. The van der Waals surface area contributed by atoms with Gasteiger partial charge in [-0.15, -0.1) is 11.6 Å². The topological polar surface area (TPSA) is 0 Å². The maximum atomic E-state index is 6.25. The molecule has 74 valence electrons. The van der Waals surface area contributed by atoms with Crippen molar-refractivity contribution in [2.24, 2.45) is 5.92 Å². The molecule has 0 spiro atoms. The minimum atomic E-state index is -0.947. The van der Waals surface area contributed by atoms with E-state index in [2.05, 4.69) is 0 Å². The maximum absolute atomic E-state index is 6.25. The summed E-state index contributed by atoms with van der Waals surface area (Å²) in [5.41, 5.74) is 0. The molecule has 0 heterocycles. The molecular formula is C8H7Cl5. The zero-order valence-electron chi connectivity index (χ0n) is 6.97. The fourth-order valence-electron chi connectivity index (χ4n) is 1.12. The van der Waals surface area contributed by atoms with Gasteiger partial charge in [0.25, 0.3) is 0 Å². The van der Waals surface area contributed by atoms with Crippen molar-refractivity contribution in [1.29, 1.82) is 0 Å². The van der Waals surface area contributed by atoms with Crippen molar-refractivity contribution in [2.75, 3.05) is 0 Å². The quantitative estimate of drug-likeness (QED) is 0.592. The van der Waals surface area contributed by atoms with Gasteiger partial charge in [0.2, 0.25) is 0 Å². The van der Waals surface area contributed by atoms with Gasteiger partial charge in [0.05, 0.1) is 20.1 Å². The van der Waals surface area contributed by atoms with Gasteiger partial charge in [0.15, 0.2) is 0 Å². The van der Waals surface area contributed by atoms with E-state index >= 15 is 0 Å². The van der Waals surface area contributed by atoms with E-state index in [1.165, 1.54) is 0 Å². The van der Waals surface area contributed by atoms with Gasteiger partial charge in [-0.05, 0) is 5.92 Å². The molecule has 0 saturated carbocycles. The van der Waals surface area contributed by atoms with Crippen molar-refractivity contribution >= 4 is 58.0 Å². The Hall–Kier alpha value is 0.930. The van der Waals surface area contributed by atoms with Gasteiger partial charge < -0.3 is 0 Å². The summed E-state index contributed by atoms with van der Waals surface area (Å²) in [6, 6.07) is 0. The van der Waals surface area contributed by atoms with E-state index < -0.39 is 4.87 Å². The predicted octanol–water partition coefficient (Wildman–Crippen LogP) is 5.01. The summed E-state index contributed by atoms with van der Waals surface area (Å²) in [5, 5.41) is 1.11. The highest BCUT2D eigenvalue weighted by Gasteiger charge is 2.46. The fraction of sp³-hybridized carbons (Fsp3) is 0.500. The molecule has 0 radical (unpaired) electrons. The molecule has 0 fully saturated rings. The number of alkyl halides is 1. The molecule has 1 aliphatic carbocycles. The second-order valence-corrected chi connectivity index (χ2v) is 5.23. The minimum absolute atomic E-state index is 0.0270. The van der Waals surface area contributed by atoms with Crippen LogP contribution in [0.3, 0.4) is 0 Å². The second kappa shape index (κ2) is 3.83. The van der Waals surface area contributed by atoms with Gasteiger partial charge in [0, 0.05) is 0 Å². The molecule has 0 atom stereocenters. The largest absolute Gasteiger partial charge is 0.121 e. The molecule has 0 unspecified atom stereocenters. The lowest BCUT2D eigenvalue weighted by Gasteiger charge is -2.26. The number of rotatable bonds is 1. The summed E-state index contributed by atoms with van der Waals surface area (Å²) in [7, 11) is 0. The van der Waals surface area contributed by atoms with Gasteiger partial charge in [-0.25, -0.2) is 0 Å². The first kappa shape index (κ1) is 12.0. The van der Waals surface area contributed by atoms with Gasteiger partial charge >= 0.3 is 0 Å². The van der Waals surface area contributed by atoms with Crippen LogP contribution < -0.4 is 0 Å². The molecule has 13 heavy (non-hydrogen) atoms. The lowest BCUT2D eigenvalue weighted by molar-refractivity contribution is 0.571. The number of hydrogen-bond donors (Lipinski definition) is 0. The molecule has 0 aromatic carbocycles. The SMILES string of the molecule is CC(C)C1(Cl)C(Cl)=C(Cl)C(Cl)=C1Cl. The fourth-order valence-corrected chi connectivity index (χ4v) is 2.85. The summed E-state index contributed by atoms with van der Waals surface area (Å²) in [4.78, 5) is -0.947. The number of halogens is 5. The minimum Gasteiger partial charge on any atom is -0.106 e. The molecule has 0 bridgehead atoms. The van der Waals surface area contributed by atoms with E-state index in [1.807, 2.05) is 13.8 Å². The van der Waals surface area contributed by atoms with E-state index in [9.17, 15) is 0 Å². The predicted molar refractivity (Wildman–Crippen MR) is 60.9 cm³/mol. The molecule has 0 saturated heterocycles. The van der Waals surface area contributed by atoms with Crippen molar-refractivity contribution in [3.05, 3.63) is 20.1 Å². The Morgan fingerprint density at radius 2 is 1.23 bits per heavy atom. The Morgan fingerprint density at radius 3 is 1.38 bits per heavy atom. The number of hydrogen-bond acceptors (Lipinski definition) is 0. The van der Waals surface area contributed by atoms with Crippen molar-refractivity contribution in [3.63, 3.8) is 0 Å². The molecular weight excluding hydrogens is 273 g/mol. The summed E-state index contributed by atoms with van der Waals surface area (Å²) < 4.78 is 0. The van der Waals surface area contributed by atoms with E-state index in [0.29, 0.717) is 10.1 Å². The van der Waals surface area contributed by atoms with Gasteiger partial charge in [-0.2, -0.15) is 0 Å². The molecule has 1 rings (SSSR count). The van der Waals surface area contributed by atoms with Crippen molar-refractivity contribution in [3.8, 4) is 0 Å². The second-order valence-electron chi connectivity index (χ2n) is 3.12. The molecule has 0 N–H and O–H groups in total. The third-order valence-electron chi connectivity index (χ3n) is 2.01. The van der Waals surface area contributed by atoms with Crippen molar-refractivity contribution in [1.82, 2.24) is 0 Å². The van der Waals surface area contributed by atoms with E-state index in [0.717, 1.165) is 0 Å². The molecule has 0 aromatic rings. The van der Waals surface area contributed by atoms with Crippen LogP contribution in [0.5, 0.6) is 0 Å². The zero-order chi connectivity index (χ0) is 10.4. The van der Waals surface area contributed by atoms with Gasteiger partial charge in [-0.1, -0.05) is 60.3 Å². The highest BCUT2D eigenvalue weighted by Crippen LogP contribution is 2.54. The Labute approximate surface area is 102 Å². The van der Waals surface area contributed by atoms with Crippen LogP contribution in [0.2, 0.25) is 0 Å². The van der Waals surface area contributed by atoms with E-state index in [4.69, 9.17) is 58.0 Å². The highest BCUT2D eigenvalue weighted by molar-refractivity contribution is 6.58. The first-order valence-corrected chi connectivity index (χ1v) is 5.53. The monoisotopic (exact) mass is 278 g/mol. The smallest absolute Gasteiger partial charge is 0.106 e. The van der Waals surface area contributed by atoms with Crippen LogP contribution in [-0.4, -0.2) is 4.87 Å². The average Bonchev–Trinajstić information content (AvgIpc) is 2.22. The van der Waals surface area contributed by atoms with Gasteiger partial charge in [-0.3, -0.25) is 0 Å². The van der Waals surface area contributed by atoms with Crippen LogP contribution in [0, 0.1) is 5.92 Å². The Bertz CT molecular complexity index is 276. The van der Waals surface area contributed by atoms with Crippen LogP contribution >= 0.6 is 58.0 Å². The number of allylic oxidation sites excluding steroid dienone is 4. The molecule has 5 heteroatoms. The summed E-state index contributed by atoms with van der Waals surface area (Å²) in [5.74, 6) is 0.0270. The normalized spacial score (nSPS) is 22.2. The lowest BCUT2D eigenvalue weighted by atomic mass is 9.96. The van der Waals surface area contributed by atoms with Crippen LogP contribution in [-0.2, 0) is 0 Å². The highest BCUT2D eigenvalue weighted by atomic mass is 35.5. The summed E-state index contributed by atoms with van der Waals surface area (Å²) in [6.45, 7) is 3.80. The Balaban J connectivity index is 3.31.